The minimum absolute atomic E-state index is 0.00126. The molecule has 5 aromatic rings. The molecular weight excluding hydrogens is 562 g/mol. The number of aryl methyl sites for hydroxylation is 3. The van der Waals surface area contributed by atoms with Crippen molar-refractivity contribution in [3.05, 3.63) is 153 Å². The minimum Gasteiger partial charge on any atom is -0.269 e. The highest BCUT2D eigenvalue weighted by molar-refractivity contribution is 5.70. The van der Waals surface area contributed by atoms with Gasteiger partial charge < -0.3 is 0 Å². The Morgan fingerprint density at radius 2 is 1.50 bits per heavy atom. The summed E-state index contributed by atoms with van der Waals surface area (Å²) in [6.45, 7) is 6.09. The summed E-state index contributed by atoms with van der Waals surface area (Å²) < 4.78 is 1.72. The van der Waals surface area contributed by atoms with Gasteiger partial charge in [0, 0.05) is 12.0 Å². The molecule has 0 saturated heterocycles. The average Bonchev–Trinajstić information content (AvgIpc) is 3.11. The monoisotopic (exact) mass is 607 g/mol. The third-order valence-electron chi connectivity index (χ3n) is 9.06. The van der Waals surface area contributed by atoms with Crippen LogP contribution in [0.4, 0.5) is 0 Å². The molecule has 0 unspecified atom stereocenters. The fourth-order valence-electron chi connectivity index (χ4n) is 6.44. The van der Waals surface area contributed by atoms with E-state index in [1.807, 2.05) is 86.6 Å². The number of aromatic nitrogens is 2. The van der Waals surface area contributed by atoms with Gasteiger partial charge in [0.25, 0.3) is 5.56 Å². The van der Waals surface area contributed by atoms with Crippen molar-refractivity contribution in [3.8, 4) is 22.9 Å². The summed E-state index contributed by atoms with van der Waals surface area (Å²) >= 11 is 0. The van der Waals surface area contributed by atoms with Gasteiger partial charge in [-0.2, -0.15) is 5.26 Å². The Hall–Kier alpha value is -4.75. The first-order valence-corrected chi connectivity index (χ1v) is 16.8. The van der Waals surface area contributed by atoms with E-state index in [9.17, 15) is 10.1 Å². The smallest absolute Gasteiger partial charge is 0.261 e. The number of hydrogen-bond acceptors (Lipinski definition) is 3. The van der Waals surface area contributed by atoms with Crippen LogP contribution >= 0.6 is 0 Å². The number of nitrogens with zero attached hydrogens (tertiary/aromatic N) is 3. The second-order valence-electron chi connectivity index (χ2n) is 12.4. The van der Waals surface area contributed by atoms with Crippen LogP contribution in [-0.2, 0) is 12.8 Å². The highest BCUT2D eigenvalue weighted by Crippen LogP contribution is 2.32. The van der Waals surface area contributed by atoms with Gasteiger partial charge in [-0.25, -0.2) is 4.98 Å². The van der Waals surface area contributed by atoms with E-state index in [0.29, 0.717) is 17.8 Å². The van der Waals surface area contributed by atoms with E-state index < -0.39 is 0 Å². The molecule has 0 atom stereocenters. The van der Waals surface area contributed by atoms with Gasteiger partial charge in [-0.05, 0) is 85.9 Å². The van der Waals surface area contributed by atoms with Crippen molar-refractivity contribution in [2.45, 2.75) is 84.5 Å². The number of unbranched alkanes of at least 4 members (excludes halogenated alkanes) is 1. The first-order chi connectivity index (χ1) is 22.5. The standard InChI is InChI=1S/C30H29N3O.C12H16/c1-4-5-10-29-28(30(34)33(22(3)32-29)26-17-11-21(2)12-18-26)19-23-13-15-24(16-14-23)27-9-7-6-8-25(27)20-31;1-3-7-11(8-4-1)12-9-5-2-6-10-12/h6-9,11-18H,4-5,10,19H2,1-3H3;1,3-4,7-8,12H,2,5-6,9-10H2. The van der Waals surface area contributed by atoms with Crippen molar-refractivity contribution in [1.82, 2.24) is 9.55 Å². The Morgan fingerprint density at radius 1 is 0.826 bits per heavy atom. The maximum Gasteiger partial charge on any atom is 0.261 e. The third-order valence-corrected chi connectivity index (χ3v) is 9.06. The number of hydrogen-bond donors (Lipinski definition) is 0. The molecule has 1 aromatic heterocycles. The molecule has 0 radical (unpaired) electrons. The highest BCUT2D eigenvalue weighted by Gasteiger charge is 2.17. The van der Waals surface area contributed by atoms with E-state index in [-0.39, 0.29) is 5.56 Å². The lowest BCUT2D eigenvalue weighted by Crippen LogP contribution is -2.28. The van der Waals surface area contributed by atoms with Crippen LogP contribution < -0.4 is 5.56 Å². The fraction of sp³-hybridized carbons (Fsp3) is 0.310. The molecule has 1 aliphatic rings. The summed E-state index contributed by atoms with van der Waals surface area (Å²) in [6.07, 6.45) is 10.5. The lowest BCUT2D eigenvalue weighted by atomic mass is 9.84. The summed E-state index contributed by atoms with van der Waals surface area (Å²) in [5.41, 5.74) is 8.81. The summed E-state index contributed by atoms with van der Waals surface area (Å²) in [5, 5.41) is 9.42. The molecule has 4 heteroatoms. The van der Waals surface area contributed by atoms with E-state index in [1.165, 1.54) is 32.1 Å². The van der Waals surface area contributed by atoms with Crippen LogP contribution in [0.25, 0.3) is 16.8 Å². The summed E-state index contributed by atoms with van der Waals surface area (Å²) in [4.78, 5) is 18.6. The number of nitriles is 1. The number of benzene rings is 4. The molecule has 1 fully saturated rings. The summed E-state index contributed by atoms with van der Waals surface area (Å²) in [7, 11) is 0. The van der Waals surface area contributed by atoms with Crippen LogP contribution in [0.5, 0.6) is 0 Å². The molecule has 4 nitrogen and oxygen atoms in total. The lowest BCUT2D eigenvalue weighted by Gasteiger charge is -2.21. The molecule has 0 spiro atoms. The second kappa shape index (κ2) is 16.0. The van der Waals surface area contributed by atoms with Gasteiger partial charge in [0.1, 0.15) is 5.82 Å². The van der Waals surface area contributed by atoms with E-state index in [2.05, 4.69) is 43.3 Å². The van der Waals surface area contributed by atoms with Crippen LogP contribution in [0.2, 0.25) is 0 Å². The zero-order valence-corrected chi connectivity index (χ0v) is 27.5. The van der Waals surface area contributed by atoms with E-state index in [0.717, 1.165) is 64.4 Å². The molecule has 0 bridgehead atoms. The molecule has 0 N–H and O–H groups in total. The van der Waals surface area contributed by atoms with Crippen molar-refractivity contribution >= 4 is 0 Å². The zero-order valence-electron chi connectivity index (χ0n) is 27.5. The largest absolute Gasteiger partial charge is 0.269 e. The summed E-state index contributed by atoms with van der Waals surface area (Å²) in [5.74, 6) is 1.58. The van der Waals surface area contributed by atoms with Crippen molar-refractivity contribution in [1.29, 1.82) is 5.26 Å². The SMILES string of the molecule is CCCCc1nc(C)n(-c2ccc(C)cc2)c(=O)c1Cc1ccc(-c2ccccc2C#N)cc1.c1ccc(C2CCCCC2)cc1. The normalized spacial score (nSPS) is 13.0. The first-order valence-electron chi connectivity index (χ1n) is 16.8. The lowest BCUT2D eigenvalue weighted by molar-refractivity contribution is 0.443. The number of rotatable bonds is 8. The van der Waals surface area contributed by atoms with Crippen molar-refractivity contribution in [2.24, 2.45) is 0 Å². The Labute approximate surface area is 274 Å². The Morgan fingerprint density at radius 3 is 2.17 bits per heavy atom. The zero-order chi connectivity index (χ0) is 32.3. The molecule has 1 saturated carbocycles. The first kappa shape index (κ1) is 32.6. The van der Waals surface area contributed by atoms with Gasteiger partial charge in [0.05, 0.1) is 23.0 Å². The predicted molar refractivity (Wildman–Crippen MR) is 190 cm³/mol. The molecule has 0 aliphatic heterocycles. The quantitative estimate of drug-likeness (QED) is 0.176. The van der Waals surface area contributed by atoms with Gasteiger partial charge in [-0.15, -0.1) is 0 Å². The van der Waals surface area contributed by atoms with Crippen LogP contribution in [0, 0.1) is 25.2 Å². The highest BCUT2D eigenvalue weighted by atomic mass is 16.1. The van der Waals surface area contributed by atoms with Crippen molar-refractivity contribution < 1.29 is 0 Å². The molecule has 6 rings (SSSR count). The van der Waals surface area contributed by atoms with Crippen LogP contribution in [0.15, 0.2) is 108 Å². The topological polar surface area (TPSA) is 58.7 Å². The average molecular weight is 608 g/mol. The van der Waals surface area contributed by atoms with Gasteiger partial charge in [0.15, 0.2) is 0 Å². The Kier molecular flexibility index (Phi) is 11.4. The molecular formula is C42H45N3O. The van der Waals surface area contributed by atoms with E-state index in [4.69, 9.17) is 4.98 Å². The maximum atomic E-state index is 13.7. The minimum atomic E-state index is 0.00126. The van der Waals surface area contributed by atoms with E-state index in [1.54, 1.807) is 10.1 Å². The molecule has 46 heavy (non-hydrogen) atoms. The molecule has 1 heterocycles. The summed E-state index contributed by atoms with van der Waals surface area (Å²) in [6, 6.07) is 36.9. The van der Waals surface area contributed by atoms with Gasteiger partial charge in [-0.1, -0.05) is 123 Å². The van der Waals surface area contributed by atoms with Crippen LogP contribution in [-0.4, -0.2) is 9.55 Å². The third kappa shape index (κ3) is 8.09. The fourth-order valence-corrected chi connectivity index (χ4v) is 6.44. The molecule has 1 aliphatic carbocycles. The maximum absolute atomic E-state index is 13.7. The van der Waals surface area contributed by atoms with E-state index >= 15 is 0 Å². The van der Waals surface area contributed by atoms with Crippen molar-refractivity contribution in [2.75, 3.05) is 0 Å². The predicted octanol–water partition coefficient (Wildman–Crippen LogP) is 10.1. The van der Waals surface area contributed by atoms with Gasteiger partial charge >= 0.3 is 0 Å². The second-order valence-corrected chi connectivity index (χ2v) is 12.4. The molecule has 0 amide bonds. The van der Waals surface area contributed by atoms with Gasteiger partial charge in [-0.3, -0.25) is 9.36 Å². The van der Waals surface area contributed by atoms with Crippen LogP contribution in [0.3, 0.4) is 0 Å². The molecule has 234 valence electrons. The van der Waals surface area contributed by atoms with Gasteiger partial charge in [0.2, 0.25) is 0 Å². The molecule has 4 aromatic carbocycles. The Bertz CT molecular complexity index is 1810. The van der Waals surface area contributed by atoms with Crippen molar-refractivity contribution in [3.63, 3.8) is 0 Å². The van der Waals surface area contributed by atoms with Crippen LogP contribution in [0.1, 0.15) is 97.1 Å². The Balaban J connectivity index is 0.000000289.